The second-order valence-corrected chi connectivity index (χ2v) is 4.57. The molecular weight excluding hydrogens is 180 g/mol. The molecule has 15 heavy (non-hydrogen) atoms. The van der Waals surface area contributed by atoms with Crippen molar-refractivity contribution in [3.8, 4) is 0 Å². The van der Waals surface area contributed by atoms with Crippen LogP contribution < -0.4 is 0 Å². The van der Waals surface area contributed by atoms with E-state index in [1.165, 1.54) is 37.7 Å². The molecule has 0 aliphatic heterocycles. The van der Waals surface area contributed by atoms with Gasteiger partial charge in [-0.2, -0.15) is 0 Å². The van der Waals surface area contributed by atoms with Gasteiger partial charge in [-0.05, 0) is 24.3 Å². The van der Waals surface area contributed by atoms with Crippen LogP contribution in [0.15, 0.2) is 43.0 Å². The second kappa shape index (κ2) is 5.16. The number of hydrogen-bond donors (Lipinski definition) is 0. The van der Waals surface area contributed by atoms with Gasteiger partial charge in [-0.1, -0.05) is 55.7 Å². The summed E-state index contributed by atoms with van der Waals surface area (Å²) in [6.45, 7) is 4.01. The molecular formula is C15H20. The zero-order chi connectivity index (χ0) is 10.5. The smallest absolute Gasteiger partial charge is 0.00435 e. The van der Waals surface area contributed by atoms with Gasteiger partial charge in [0, 0.05) is 5.92 Å². The third-order valence-corrected chi connectivity index (χ3v) is 3.60. The standard InChI is InChI=1S/C15H20/c1-2-15(13-9-5-3-6-10-13)14-11-7-4-8-12-14/h2-3,5-6,9-10,14-15H,1,4,7-8,11-12H2. The Hall–Kier alpha value is -1.04. The summed E-state index contributed by atoms with van der Waals surface area (Å²) in [4.78, 5) is 0. The van der Waals surface area contributed by atoms with E-state index >= 15 is 0 Å². The normalized spacial score (nSPS) is 19.7. The Balaban J connectivity index is 2.12. The maximum Gasteiger partial charge on any atom is 0.00435 e. The number of hydrogen-bond acceptors (Lipinski definition) is 0. The molecule has 1 saturated carbocycles. The Morgan fingerprint density at radius 3 is 2.33 bits per heavy atom. The van der Waals surface area contributed by atoms with Gasteiger partial charge in [-0.15, -0.1) is 6.58 Å². The first-order chi connectivity index (χ1) is 7.42. The van der Waals surface area contributed by atoms with Gasteiger partial charge in [-0.25, -0.2) is 0 Å². The minimum atomic E-state index is 0.575. The highest BCUT2D eigenvalue weighted by Crippen LogP contribution is 2.36. The van der Waals surface area contributed by atoms with Gasteiger partial charge in [0.15, 0.2) is 0 Å². The van der Waals surface area contributed by atoms with Crippen LogP contribution in [-0.2, 0) is 0 Å². The van der Waals surface area contributed by atoms with Gasteiger partial charge in [0.1, 0.15) is 0 Å². The Morgan fingerprint density at radius 1 is 1.07 bits per heavy atom. The van der Waals surface area contributed by atoms with Crippen molar-refractivity contribution in [3.63, 3.8) is 0 Å². The molecule has 1 aromatic rings. The topological polar surface area (TPSA) is 0 Å². The lowest BCUT2D eigenvalue weighted by Gasteiger charge is -2.28. The maximum absolute atomic E-state index is 4.01. The maximum atomic E-state index is 4.01. The monoisotopic (exact) mass is 200 g/mol. The van der Waals surface area contributed by atoms with Gasteiger partial charge < -0.3 is 0 Å². The molecule has 1 fully saturated rings. The van der Waals surface area contributed by atoms with Crippen LogP contribution in [0.2, 0.25) is 0 Å². The first kappa shape index (κ1) is 10.5. The summed E-state index contributed by atoms with van der Waals surface area (Å²) in [6, 6.07) is 10.8. The van der Waals surface area contributed by atoms with E-state index in [9.17, 15) is 0 Å². The molecule has 0 saturated heterocycles. The van der Waals surface area contributed by atoms with Crippen molar-refractivity contribution in [2.75, 3.05) is 0 Å². The second-order valence-electron chi connectivity index (χ2n) is 4.57. The van der Waals surface area contributed by atoms with Crippen LogP contribution in [0.4, 0.5) is 0 Å². The van der Waals surface area contributed by atoms with E-state index in [0.29, 0.717) is 5.92 Å². The Kier molecular flexibility index (Phi) is 3.60. The summed E-state index contributed by atoms with van der Waals surface area (Å²) in [5, 5.41) is 0. The Labute approximate surface area is 93.0 Å². The summed E-state index contributed by atoms with van der Waals surface area (Å²) in [5.41, 5.74) is 1.44. The molecule has 0 spiro atoms. The van der Waals surface area contributed by atoms with E-state index in [1.54, 1.807) is 0 Å². The molecule has 0 heteroatoms. The largest absolute Gasteiger partial charge is 0.102 e. The fourth-order valence-corrected chi connectivity index (χ4v) is 2.77. The lowest BCUT2D eigenvalue weighted by Crippen LogP contribution is -2.14. The van der Waals surface area contributed by atoms with Gasteiger partial charge in [-0.3, -0.25) is 0 Å². The molecule has 0 heterocycles. The summed E-state index contributed by atoms with van der Waals surface area (Å²) >= 11 is 0. The Morgan fingerprint density at radius 2 is 1.73 bits per heavy atom. The van der Waals surface area contributed by atoms with Crippen LogP contribution >= 0.6 is 0 Å². The third-order valence-electron chi connectivity index (χ3n) is 3.60. The van der Waals surface area contributed by atoms with Gasteiger partial charge >= 0.3 is 0 Å². The van der Waals surface area contributed by atoms with Crippen molar-refractivity contribution in [1.82, 2.24) is 0 Å². The summed E-state index contributed by atoms with van der Waals surface area (Å²) in [7, 11) is 0. The van der Waals surface area contributed by atoms with E-state index in [1.807, 2.05) is 0 Å². The minimum absolute atomic E-state index is 0.575. The van der Waals surface area contributed by atoms with Crippen LogP contribution in [0.3, 0.4) is 0 Å². The first-order valence-corrected chi connectivity index (χ1v) is 6.09. The highest BCUT2D eigenvalue weighted by molar-refractivity contribution is 5.24. The molecule has 2 rings (SSSR count). The lowest BCUT2D eigenvalue weighted by atomic mass is 9.77. The molecule has 80 valence electrons. The van der Waals surface area contributed by atoms with Crippen molar-refractivity contribution >= 4 is 0 Å². The molecule has 0 N–H and O–H groups in total. The predicted octanol–water partition coefficient (Wildman–Crippen LogP) is 4.54. The molecule has 1 unspecified atom stereocenters. The average Bonchev–Trinajstić information content (AvgIpc) is 2.33. The molecule has 1 aromatic carbocycles. The fraction of sp³-hybridized carbons (Fsp3) is 0.467. The van der Waals surface area contributed by atoms with Crippen molar-refractivity contribution in [3.05, 3.63) is 48.6 Å². The molecule has 1 aliphatic carbocycles. The first-order valence-electron chi connectivity index (χ1n) is 6.09. The molecule has 0 bridgehead atoms. The lowest BCUT2D eigenvalue weighted by molar-refractivity contribution is 0.332. The van der Waals surface area contributed by atoms with E-state index in [-0.39, 0.29) is 0 Å². The zero-order valence-corrected chi connectivity index (χ0v) is 9.36. The van der Waals surface area contributed by atoms with Gasteiger partial charge in [0.05, 0.1) is 0 Å². The molecule has 0 aromatic heterocycles. The van der Waals surface area contributed by atoms with E-state index in [2.05, 4.69) is 43.0 Å². The van der Waals surface area contributed by atoms with E-state index in [0.717, 1.165) is 5.92 Å². The minimum Gasteiger partial charge on any atom is -0.102 e. The van der Waals surface area contributed by atoms with Crippen LogP contribution in [0.25, 0.3) is 0 Å². The van der Waals surface area contributed by atoms with Crippen molar-refractivity contribution in [1.29, 1.82) is 0 Å². The van der Waals surface area contributed by atoms with Gasteiger partial charge in [0.2, 0.25) is 0 Å². The predicted molar refractivity (Wildman–Crippen MR) is 66.0 cm³/mol. The molecule has 1 aliphatic rings. The number of allylic oxidation sites excluding steroid dienone is 1. The third kappa shape index (κ3) is 2.50. The molecule has 0 nitrogen and oxygen atoms in total. The highest BCUT2D eigenvalue weighted by Gasteiger charge is 2.22. The molecule has 1 atom stereocenters. The van der Waals surface area contributed by atoms with Crippen molar-refractivity contribution in [2.45, 2.75) is 38.0 Å². The van der Waals surface area contributed by atoms with E-state index < -0.39 is 0 Å². The van der Waals surface area contributed by atoms with Crippen molar-refractivity contribution < 1.29 is 0 Å². The van der Waals surface area contributed by atoms with Crippen LogP contribution in [0.5, 0.6) is 0 Å². The quantitative estimate of drug-likeness (QED) is 0.628. The van der Waals surface area contributed by atoms with Crippen LogP contribution in [0.1, 0.15) is 43.6 Å². The number of benzene rings is 1. The summed E-state index contributed by atoms with van der Waals surface area (Å²) in [5.74, 6) is 1.41. The zero-order valence-electron chi connectivity index (χ0n) is 9.36. The van der Waals surface area contributed by atoms with Crippen molar-refractivity contribution in [2.24, 2.45) is 5.92 Å². The Bertz CT molecular complexity index is 293. The van der Waals surface area contributed by atoms with Gasteiger partial charge in [0.25, 0.3) is 0 Å². The highest BCUT2D eigenvalue weighted by atomic mass is 14.3. The van der Waals surface area contributed by atoms with Crippen LogP contribution in [-0.4, -0.2) is 0 Å². The molecule has 0 amide bonds. The summed E-state index contributed by atoms with van der Waals surface area (Å²) in [6.07, 6.45) is 9.14. The van der Waals surface area contributed by atoms with E-state index in [4.69, 9.17) is 0 Å². The number of rotatable bonds is 3. The SMILES string of the molecule is C=CC(c1ccccc1)C1CCCCC1. The fourth-order valence-electron chi connectivity index (χ4n) is 2.77. The van der Waals surface area contributed by atoms with Crippen LogP contribution in [0, 0.1) is 5.92 Å². The summed E-state index contributed by atoms with van der Waals surface area (Å²) < 4.78 is 0. The average molecular weight is 200 g/mol. The molecule has 0 radical (unpaired) electrons.